The molecule has 0 radical (unpaired) electrons. The molecular weight excluding hydrogens is 1320 g/mol. The number of carbonyl (C=O) groups excluding carboxylic acids is 11. The van der Waals surface area contributed by atoms with Crippen LogP contribution in [0.1, 0.15) is 81.7 Å². The van der Waals surface area contributed by atoms with Crippen LogP contribution in [0.3, 0.4) is 0 Å². The number of H-pyrrole nitrogens is 3. The number of carboxylic acids is 2. The van der Waals surface area contributed by atoms with Crippen molar-refractivity contribution in [2.75, 3.05) is 18.1 Å². The van der Waals surface area contributed by atoms with Crippen molar-refractivity contribution in [2.24, 2.45) is 17.4 Å². The van der Waals surface area contributed by atoms with Gasteiger partial charge in [-0.25, -0.2) is 9.78 Å². The van der Waals surface area contributed by atoms with Gasteiger partial charge in [0.25, 0.3) is 0 Å². The summed E-state index contributed by atoms with van der Waals surface area (Å²) in [5, 5.41) is 43.5. The van der Waals surface area contributed by atoms with E-state index in [1.54, 1.807) is 91.3 Å². The summed E-state index contributed by atoms with van der Waals surface area (Å²) in [6, 6.07) is 6.73. The number of nitrogens with two attached hydrogens (primary N) is 2. The molecule has 4 heterocycles. The summed E-state index contributed by atoms with van der Waals surface area (Å²) in [4.78, 5) is 193. The van der Waals surface area contributed by atoms with Crippen LogP contribution in [0.15, 0.2) is 104 Å². The van der Waals surface area contributed by atoms with Crippen LogP contribution in [0.2, 0.25) is 0 Å². The molecule has 530 valence electrons. The summed E-state index contributed by atoms with van der Waals surface area (Å²) in [6.45, 7) is 5.33. The molecule has 0 aliphatic carbocycles. The molecule has 3 aromatic heterocycles. The molecule has 1 saturated heterocycles. The molecule has 99 heavy (non-hydrogen) atoms. The van der Waals surface area contributed by atoms with Crippen LogP contribution in [0.5, 0.6) is 0 Å². The minimum absolute atomic E-state index is 0.0946. The third-order valence-electron chi connectivity index (χ3n) is 16.6. The van der Waals surface area contributed by atoms with Crippen molar-refractivity contribution in [1.29, 1.82) is 0 Å². The number of primary amides is 1. The number of carbonyl (C=O) groups is 13. The SMILES string of the molecule is CC(C)C[C@H](N)C(=O)N[C@@H](CS)C(=O)N1CCC[C@H]1C(=O)N[C@@H](C)C(=O)N[C@@H](Cc1cnc[nH]1)C(=O)N[C@@H](Cc1c[nH]c2ccccc12)C(=O)N[C@@H](CCC(N)=O)C(=O)N[C@@H](Cc1ccccc1)C(=O)N[C@@H](Cc1c[nH]c2ccccc12)C(=O)N[C@@H](CS)C(=O)N[C@@H](CC(=O)O)C(=O)O. The Balaban J connectivity index is 1.14. The quantitative estimate of drug-likeness (QED) is 0.0210. The monoisotopic (exact) mass is 1400 g/mol. The Bertz CT molecular complexity index is 3870. The van der Waals surface area contributed by atoms with E-state index >= 15 is 4.79 Å². The second-order valence-electron chi connectivity index (χ2n) is 24.5. The fourth-order valence-corrected chi connectivity index (χ4v) is 11.9. The highest BCUT2D eigenvalue weighted by Gasteiger charge is 2.40. The maximum atomic E-state index is 15.1. The van der Waals surface area contributed by atoms with Gasteiger partial charge in [0, 0.05) is 96.2 Å². The van der Waals surface area contributed by atoms with Gasteiger partial charge in [0.2, 0.25) is 65.0 Å². The molecule has 11 amide bonds. The van der Waals surface area contributed by atoms with Crippen LogP contribution in [-0.4, -0.2) is 196 Å². The molecule has 31 nitrogen and oxygen atoms in total. The van der Waals surface area contributed by atoms with Gasteiger partial charge in [-0.1, -0.05) is 80.6 Å². The van der Waals surface area contributed by atoms with E-state index in [2.05, 4.69) is 93.0 Å². The zero-order valence-corrected chi connectivity index (χ0v) is 56.4. The van der Waals surface area contributed by atoms with Crippen LogP contribution < -0.4 is 59.3 Å². The Kier molecular flexibility index (Phi) is 27.9. The number of nitrogens with one attached hydrogen (secondary N) is 12. The van der Waals surface area contributed by atoms with E-state index in [9.17, 15) is 67.7 Å². The Morgan fingerprint density at radius 2 is 1.04 bits per heavy atom. The van der Waals surface area contributed by atoms with E-state index in [1.165, 1.54) is 24.3 Å². The molecule has 1 aliphatic rings. The predicted octanol–water partition coefficient (Wildman–Crippen LogP) is -0.925. The van der Waals surface area contributed by atoms with Gasteiger partial charge in [0.1, 0.15) is 60.4 Å². The highest BCUT2D eigenvalue weighted by molar-refractivity contribution is 7.80. The molecular formula is C66H84N16O15S2. The second-order valence-corrected chi connectivity index (χ2v) is 25.3. The van der Waals surface area contributed by atoms with Gasteiger partial charge in [-0.2, -0.15) is 25.3 Å². The van der Waals surface area contributed by atoms with Gasteiger partial charge in [0.05, 0.1) is 18.8 Å². The summed E-state index contributed by atoms with van der Waals surface area (Å²) in [7, 11) is 0. The predicted molar refractivity (Wildman–Crippen MR) is 368 cm³/mol. The minimum Gasteiger partial charge on any atom is -0.481 e. The molecule has 0 unspecified atom stereocenters. The second kappa shape index (κ2) is 36.3. The molecule has 0 bridgehead atoms. The number of amides is 11. The number of carboxylic acid groups (broad SMARTS) is 2. The highest BCUT2D eigenvalue weighted by Crippen LogP contribution is 2.23. The minimum atomic E-state index is -1.89. The van der Waals surface area contributed by atoms with Crippen molar-refractivity contribution in [1.82, 2.24) is 72.7 Å². The number of hydrogen-bond donors (Lipinski definition) is 18. The van der Waals surface area contributed by atoms with Gasteiger partial charge in [0.15, 0.2) is 0 Å². The summed E-state index contributed by atoms with van der Waals surface area (Å²) in [6.07, 6.45) is 4.04. The van der Waals surface area contributed by atoms with Gasteiger partial charge in [-0.3, -0.25) is 57.5 Å². The van der Waals surface area contributed by atoms with Crippen LogP contribution >= 0.6 is 25.3 Å². The summed E-state index contributed by atoms with van der Waals surface area (Å²) >= 11 is 8.49. The number of fused-ring (bicyclic) bond motifs is 2. The number of aliphatic carboxylic acids is 2. The van der Waals surface area contributed by atoms with E-state index in [1.807, 2.05) is 13.8 Å². The fraction of sp³-hybridized carbons (Fsp3) is 0.424. The first kappa shape index (κ1) is 76.1. The lowest BCUT2D eigenvalue weighted by atomic mass is 10.0. The zero-order valence-electron chi connectivity index (χ0n) is 54.6. The summed E-state index contributed by atoms with van der Waals surface area (Å²) in [5.41, 5.74) is 14.9. The standard InChI is InChI=1S/C66H84N16O15S2/c1-34(2)22-42(67)57(87)81-52(32-99)65(95)82-21-11-18-53(82)64(94)73-35(3)56(86)75-49(26-39-30-69-33-72-39)62(92)78-47(24-37-28-70-43-16-9-7-14-40(37)43)60(90)74-45(19-20-54(68)83)58(88)76-46(23-36-12-5-4-6-13-36)59(89)77-48(25-38-29-71-44-17-10-8-15-41(38)44)61(91)80-51(31-98)63(93)79-50(66(96)97)27-55(84)85/h4-10,12-17,28-30,33-35,42,45-53,70-71,98-99H,11,18-27,31-32,67H2,1-3H3,(H2,68,83)(H,69,72)(H,73,94)(H,74,90)(H,75,86)(H,76,88)(H,77,89)(H,78,92)(H,79,93)(H,80,91)(H,81,87)(H,84,85)(H,96,97)/t35-,42-,45-,46-,47-,48-,49-,50-,51-,52-,53-/m0/s1. The molecule has 6 aromatic rings. The van der Waals surface area contributed by atoms with Crippen molar-refractivity contribution in [2.45, 2.75) is 151 Å². The molecule has 1 aliphatic heterocycles. The average molecular weight is 1410 g/mol. The molecule has 0 saturated carbocycles. The number of rotatable bonds is 37. The molecule has 0 spiro atoms. The Labute approximate surface area is 579 Å². The van der Waals surface area contributed by atoms with E-state index in [0.717, 1.165) is 0 Å². The average Bonchev–Trinajstić information content (AvgIpc) is 1.76. The lowest BCUT2D eigenvalue weighted by Gasteiger charge is -2.29. The first-order valence-electron chi connectivity index (χ1n) is 32.1. The highest BCUT2D eigenvalue weighted by atomic mass is 32.1. The van der Waals surface area contributed by atoms with Crippen molar-refractivity contribution in [3.8, 4) is 0 Å². The third kappa shape index (κ3) is 21.9. The van der Waals surface area contributed by atoms with Crippen LogP contribution in [0.25, 0.3) is 21.8 Å². The number of para-hydroxylation sites is 2. The van der Waals surface area contributed by atoms with Gasteiger partial charge in [-0.15, -0.1) is 0 Å². The lowest BCUT2D eigenvalue weighted by Crippen LogP contribution is -2.61. The van der Waals surface area contributed by atoms with Crippen LogP contribution in [0, 0.1) is 5.92 Å². The number of likely N-dealkylation sites (tertiary alicyclic amines) is 1. The molecule has 33 heteroatoms. The van der Waals surface area contributed by atoms with Crippen LogP contribution in [-0.2, 0) is 88.0 Å². The van der Waals surface area contributed by atoms with Crippen molar-refractivity contribution < 1.29 is 72.5 Å². The smallest absolute Gasteiger partial charge is 0.326 e. The van der Waals surface area contributed by atoms with E-state index in [4.69, 9.17) is 11.5 Å². The normalized spacial score (nSPS) is 15.9. The summed E-state index contributed by atoms with van der Waals surface area (Å²) in [5.74, 6) is -13.1. The van der Waals surface area contributed by atoms with E-state index in [-0.39, 0.29) is 50.3 Å². The first-order chi connectivity index (χ1) is 47.2. The maximum Gasteiger partial charge on any atom is 0.326 e. The van der Waals surface area contributed by atoms with Gasteiger partial charge < -0.3 is 89.4 Å². The number of nitrogens with zero attached hydrogens (tertiary/aromatic N) is 2. The number of benzene rings is 3. The molecule has 11 atom stereocenters. The number of hydrogen-bond acceptors (Lipinski definition) is 17. The van der Waals surface area contributed by atoms with Crippen LogP contribution in [0.4, 0.5) is 0 Å². The number of imidazole rings is 1. The molecule has 18 N–H and O–H groups in total. The summed E-state index contributed by atoms with van der Waals surface area (Å²) < 4.78 is 0. The van der Waals surface area contributed by atoms with E-state index < -0.39 is 168 Å². The van der Waals surface area contributed by atoms with Crippen molar-refractivity contribution in [3.63, 3.8) is 0 Å². The molecule has 3 aromatic carbocycles. The van der Waals surface area contributed by atoms with Gasteiger partial charge in [-0.05, 0) is 67.3 Å². The van der Waals surface area contributed by atoms with Crippen molar-refractivity contribution >= 4 is 124 Å². The first-order valence-corrected chi connectivity index (χ1v) is 33.3. The number of aromatic amines is 3. The number of aromatic nitrogens is 4. The third-order valence-corrected chi connectivity index (χ3v) is 17.3. The Hall–Kier alpha value is -10.3. The maximum absolute atomic E-state index is 15.1. The topological polar surface area (TPSA) is 486 Å². The Morgan fingerprint density at radius 3 is 1.56 bits per heavy atom. The largest absolute Gasteiger partial charge is 0.481 e. The molecule has 1 fully saturated rings. The number of thiol groups is 2. The molecule has 7 rings (SSSR count). The fourth-order valence-electron chi connectivity index (χ4n) is 11.4. The van der Waals surface area contributed by atoms with Crippen molar-refractivity contribution in [3.05, 3.63) is 126 Å². The Morgan fingerprint density at radius 1 is 0.566 bits per heavy atom. The zero-order chi connectivity index (χ0) is 72.0. The van der Waals surface area contributed by atoms with Gasteiger partial charge >= 0.3 is 11.9 Å². The van der Waals surface area contributed by atoms with E-state index in [0.29, 0.717) is 57.0 Å². The lowest BCUT2D eigenvalue weighted by molar-refractivity contribution is -0.147.